The maximum Gasteiger partial charge on any atom is 1.00 e. The van der Waals surface area contributed by atoms with Crippen LogP contribution in [0, 0.1) is 0 Å². The van der Waals surface area contributed by atoms with E-state index in [1.165, 1.54) is 31.2 Å². The Kier molecular flexibility index (Phi) is 8.45. The zero-order valence-corrected chi connectivity index (χ0v) is 14.8. The fourth-order valence-electron chi connectivity index (χ4n) is 1.47. The minimum Gasteiger partial charge on any atom is -0.744 e. The Labute approximate surface area is 154 Å². The van der Waals surface area contributed by atoms with Crippen molar-refractivity contribution < 1.29 is 73.9 Å². The summed E-state index contributed by atoms with van der Waals surface area (Å²) >= 11 is 0. The van der Waals surface area contributed by atoms with E-state index in [-0.39, 0.29) is 80.7 Å². The van der Waals surface area contributed by atoms with Gasteiger partial charge in [0.2, 0.25) is 0 Å². The Morgan fingerprint density at radius 2 is 1.68 bits per heavy atom. The Bertz CT molecular complexity index is 548. The third kappa shape index (κ3) is 7.45. The summed E-state index contributed by atoms with van der Waals surface area (Å²) in [6.07, 6.45) is 0.571. The van der Waals surface area contributed by atoms with Crippen LogP contribution in [-0.4, -0.2) is 24.5 Å². The zero-order valence-electron chi connectivity index (χ0n) is 10.9. The van der Waals surface area contributed by atoms with E-state index in [4.69, 9.17) is 0 Å². The van der Waals surface area contributed by atoms with Crippen LogP contribution in [0.2, 0.25) is 0 Å². The van der Waals surface area contributed by atoms with Crippen molar-refractivity contribution >= 4 is 21.7 Å². The fourth-order valence-corrected chi connectivity index (χ4v) is 1.94. The van der Waals surface area contributed by atoms with Gasteiger partial charge in [-0.25, -0.2) is 8.42 Å². The standard InChI is InChI=1S/C12H14O5S.K/c1-9(13)8-11(14)5-2-10-3-6-12(7-4-10)18(15,16)17;/h3-4,6-7H,2,5,8H2,1H3,(H,15,16,17);/q;+1/p-1. The van der Waals surface area contributed by atoms with Crippen LogP contribution in [0.1, 0.15) is 25.3 Å². The molecule has 5 nitrogen and oxygen atoms in total. The van der Waals surface area contributed by atoms with E-state index in [0.29, 0.717) is 6.42 Å². The van der Waals surface area contributed by atoms with E-state index in [1.54, 1.807) is 0 Å². The largest absolute Gasteiger partial charge is 1.00 e. The number of carbonyl (C=O) groups excluding carboxylic acids is 2. The molecule has 0 atom stereocenters. The maximum absolute atomic E-state index is 11.3. The Morgan fingerprint density at radius 1 is 1.16 bits per heavy atom. The summed E-state index contributed by atoms with van der Waals surface area (Å²) < 4.78 is 32.1. The van der Waals surface area contributed by atoms with Gasteiger partial charge in [0.15, 0.2) is 0 Å². The molecule has 98 valence electrons. The van der Waals surface area contributed by atoms with Gasteiger partial charge in [0, 0.05) is 6.42 Å². The number of benzene rings is 1. The first kappa shape index (κ1) is 19.1. The van der Waals surface area contributed by atoms with Crippen molar-refractivity contribution in [3.63, 3.8) is 0 Å². The molecule has 0 saturated heterocycles. The maximum atomic E-state index is 11.3. The van der Waals surface area contributed by atoms with Crippen LogP contribution in [0.4, 0.5) is 0 Å². The van der Waals surface area contributed by atoms with Crippen molar-refractivity contribution in [1.29, 1.82) is 0 Å². The van der Waals surface area contributed by atoms with E-state index in [1.807, 2.05) is 0 Å². The van der Waals surface area contributed by atoms with Crippen LogP contribution in [0.3, 0.4) is 0 Å². The van der Waals surface area contributed by atoms with Crippen LogP contribution < -0.4 is 51.4 Å². The molecule has 0 aliphatic carbocycles. The van der Waals surface area contributed by atoms with Gasteiger partial charge in [-0.1, -0.05) is 12.1 Å². The molecule has 0 amide bonds. The third-order valence-electron chi connectivity index (χ3n) is 2.35. The van der Waals surface area contributed by atoms with Gasteiger partial charge in [-0.05, 0) is 31.0 Å². The first-order valence-electron chi connectivity index (χ1n) is 5.35. The molecule has 0 fully saturated rings. The van der Waals surface area contributed by atoms with Crippen LogP contribution in [0.25, 0.3) is 0 Å². The average molecular weight is 308 g/mol. The molecule has 0 heterocycles. The normalized spacial score (nSPS) is 10.6. The Morgan fingerprint density at radius 3 is 2.11 bits per heavy atom. The first-order valence-corrected chi connectivity index (χ1v) is 6.76. The summed E-state index contributed by atoms with van der Waals surface area (Å²) in [6, 6.07) is 5.41. The van der Waals surface area contributed by atoms with Crippen LogP contribution in [0.5, 0.6) is 0 Å². The molecule has 0 N–H and O–H groups in total. The van der Waals surface area contributed by atoms with Gasteiger partial charge >= 0.3 is 51.4 Å². The van der Waals surface area contributed by atoms with E-state index in [2.05, 4.69) is 0 Å². The molecular weight excluding hydrogens is 295 g/mol. The van der Waals surface area contributed by atoms with Gasteiger partial charge < -0.3 is 4.55 Å². The number of Topliss-reactive ketones (excluding diaryl/α,β-unsaturated/α-hetero) is 2. The molecule has 7 heteroatoms. The predicted octanol–water partition coefficient (Wildman–Crippen LogP) is -1.92. The molecule has 0 radical (unpaired) electrons. The SMILES string of the molecule is CC(=O)CC(=O)CCc1ccc(S(=O)(=O)[O-])cc1.[K+]. The van der Waals surface area contributed by atoms with Crippen molar-refractivity contribution in [3.8, 4) is 0 Å². The molecule has 1 aromatic rings. The van der Waals surface area contributed by atoms with E-state index in [9.17, 15) is 22.6 Å². The number of ketones is 2. The summed E-state index contributed by atoms with van der Waals surface area (Å²) in [5, 5.41) is 0. The number of aryl methyl sites for hydroxylation is 1. The van der Waals surface area contributed by atoms with Gasteiger partial charge in [0.1, 0.15) is 21.7 Å². The third-order valence-corrected chi connectivity index (χ3v) is 3.20. The summed E-state index contributed by atoms with van der Waals surface area (Å²) in [5.41, 5.74) is 0.749. The Balaban J connectivity index is 0.00000324. The second-order valence-corrected chi connectivity index (χ2v) is 5.40. The monoisotopic (exact) mass is 308 g/mol. The zero-order chi connectivity index (χ0) is 13.8. The minimum atomic E-state index is -4.43. The first-order chi connectivity index (χ1) is 8.29. The molecule has 0 aromatic heterocycles. The summed E-state index contributed by atoms with van der Waals surface area (Å²) in [6.45, 7) is 1.35. The van der Waals surface area contributed by atoms with Gasteiger partial charge in [0.25, 0.3) is 0 Å². The topological polar surface area (TPSA) is 91.3 Å². The van der Waals surface area contributed by atoms with E-state index in [0.717, 1.165) is 5.56 Å². The molecule has 1 rings (SSSR count). The second-order valence-electron chi connectivity index (χ2n) is 4.02. The molecule has 0 unspecified atom stereocenters. The van der Waals surface area contributed by atoms with Gasteiger partial charge in [-0.15, -0.1) is 0 Å². The summed E-state index contributed by atoms with van der Waals surface area (Å²) in [7, 11) is -4.43. The van der Waals surface area contributed by atoms with Gasteiger partial charge in [-0.3, -0.25) is 9.59 Å². The predicted molar refractivity (Wildman–Crippen MR) is 63.0 cm³/mol. The van der Waals surface area contributed by atoms with Crippen molar-refractivity contribution in [2.45, 2.75) is 31.1 Å². The van der Waals surface area contributed by atoms with Crippen molar-refractivity contribution in [3.05, 3.63) is 29.8 Å². The van der Waals surface area contributed by atoms with Gasteiger partial charge in [-0.2, -0.15) is 0 Å². The number of hydrogen-bond acceptors (Lipinski definition) is 5. The van der Waals surface area contributed by atoms with Crippen molar-refractivity contribution in [2.75, 3.05) is 0 Å². The number of carbonyl (C=O) groups is 2. The van der Waals surface area contributed by atoms with Gasteiger partial charge in [0.05, 0.1) is 11.3 Å². The average Bonchev–Trinajstić information content (AvgIpc) is 2.25. The molecule has 0 saturated carbocycles. The molecule has 0 aliphatic rings. The number of hydrogen-bond donors (Lipinski definition) is 0. The second kappa shape index (κ2) is 8.41. The number of rotatable bonds is 6. The van der Waals surface area contributed by atoms with Crippen LogP contribution in [-0.2, 0) is 26.1 Å². The van der Waals surface area contributed by atoms with E-state index < -0.39 is 10.1 Å². The molecule has 0 bridgehead atoms. The molecule has 0 spiro atoms. The van der Waals surface area contributed by atoms with Crippen molar-refractivity contribution in [1.82, 2.24) is 0 Å². The van der Waals surface area contributed by atoms with E-state index >= 15 is 0 Å². The molecule has 1 aromatic carbocycles. The van der Waals surface area contributed by atoms with Crippen LogP contribution in [0.15, 0.2) is 29.2 Å². The molecule has 0 aliphatic heterocycles. The molecular formula is C12H13KO5S. The molecule has 19 heavy (non-hydrogen) atoms. The summed E-state index contributed by atoms with van der Waals surface area (Å²) in [5.74, 6) is -0.323. The quantitative estimate of drug-likeness (QED) is 0.347. The smallest absolute Gasteiger partial charge is 0.744 e. The minimum absolute atomic E-state index is 0. The Hall–Kier alpha value is 0.106. The summed E-state index contributed by atoms with van der Waals surface area (Å²) in [4.78, 5) is 21.7. The van der Waals surface area contributed by atoms with Crippen molar-refractivity contribution in [2.24, 2.45) is 0 Å². The fraction of sp³-hybridized carbons (Fsp3) is 0.333. The van der Waals surface area contributed by atoms with Crippen LogP contribution >= 0.6 is 0 Å².